The first-order valence-corrected chi connectivity index (χ1v) is 9.77. The molecule has 5 nitrogen and oxygen atoms in total. The van der Waals surface area contributed by atoms with Gasteiger partial charge in [0.15, 0.2) is 10.9 Å². The SMILES string of the molecule is CN(C(=O)OCc1ccccc1)c1ccccc1C(=O)CC(=O)SC(C)(C)C. The summed E-state index contributed by atoms with van der Waals surface area (Å²) in [7, 11) is 1.55. The third-order valence-electron chi connectivity index (χ3n) is 3.77. The van der Waals surface area contributed by atoms with Crippen LogP contribution in [0, 0.1) is 0 Å². The fourth-order valence-electron chi connectivity index (χ4n) is 2.52. The van der Waals surface area contributed by atoms with Gasteiger partial charge in [0.05, 0.1) is 12.1 Å². The molecule has 2 aromatic rings. The molecule has 0 aromatic heterocycles. The van der Waals surface area contributed by atoms with E-state index in [-0.39, 0.29) is 28.7 Å². The van der Waals surface area contributed by atoms with Gasteiger partial charge in [0, 0.05) is 17.4 Å². The minimum absolute atomic E-state index is 0.140. The van der Waals surface area contributed by atoms with Gasteiger partial charge in [-0.1, -0.05) is 75.0 Å². The molecule has 28 heavy (non-hydrogen) atoms. The van der Waals surface area contributed by atoms with Crippen molar-refractivity contribution in [2.24, 2.45) is 0 Å². The van der Waals surface area contributed by atoms with Gasteiger partial charge in [-0.3, -0.25) is 14.5 Å². The normalized spacial score (nSPS) is 11.0. The van der Waals surface area contributed by atoms with Gasteiger partial charge in [0.25, 0.3) is 0 Å². The van der Waals surface area contributed by atoms with Crippen LogP contribution in [0.2, 0.25) is 0 Å². The number of para-hydroxylation sites is 1. The lowest BCUT2D eigenvalue weighted by atomic mass is 10.1. The lowest BCUT2D eigenvalue weighted by molar-refractivity contribution is -0.110. The molecule has 0 bridgehead atoms. The molecule has 0 aliphatic heterocycles. The Bertz CT molecular complexity index is 843. The van der Waals surface area contributed by atoms with E-state index in [0.717, 1.165) is 17.3 Å². The fourth-order valence-corrected chi connectivity index (χ4v) is 3.41. The third-order valence-corrected chi connectivity index (χ3v) is 4.75. The van der Waals surface area contributed by atoms with Crippen molar-refractivity contribution in [2.45, 2.75) is 38.5 Å². The van der Waals surface area contributed by atoms with Crippen LogP contribution < -0.4 is 4.90 Å². The van der Waals surface area contributed by atoms with Crippen molar-refractivity contribution in [3.05, 3.63) is 65.7 Å². The van der Waals surface area contributed by atoms with Gasteiger partial charge >= 0.3 is 6.09 Å². The summed E-state index contributed by atoms with van der Waals surface area (Å²) in [4.78, 5) is 38.5. The van der Waals surface area contributed by atoms with Crippen LogP contribution in [0.4, 0.5) is 10.5 Å². The van der Waals surface area contributed by atoms with E-state index in [1.165, 1.54) is 4.90 Å². The molecule has 6 heteroatoms. The molecule has 2 rings (SSSR count). The zero-order valence-electron chi connectivity index (χ0n) is 16.6. The van der Waals surface area contributed by atoms with Crippen LogP contribution in [0.1, 0.15) is 43.1 Å². The molecule has 1 amide bonds. The molecule has 0 atom stereocenters. The Labute approximate surface area is 170 Å². The number of hydrogen-bond donors (Lipinski definition) is 0. The van der Waals surface area contributed by atoms with Crippen LogP contribution >= 0.6 is 11.8 Å². The number of ether oxygens (including phenoxy) is 1. The first-order chi connectivity index (χ1) is 13.2. The van der Waals surface area contributed by atoms with Gasteiger partial charge in [0.2, 0.25) is 0 Å². The molecular formula is C22H25NO4S. The average Bonchev–Trinajstić information content (AvgIpc) is 2.64. The number of amides is 1. The van der Waals surface area contributed by atoms with Gasteiger partial charge in [0.1, 0.15) is 6.61 Å². The van der Waals surface area contributed by atoms with Crippen molar-refractivity contribution in [3.63, 3.8) is 0 Å². The molecule has 0 spiro atoms. The van der Waals surface area contributed by atoms with Crippen LogP contribution in [0.3, 0.4) is 0 Å². The Morgan fingerprint density at radius 3 is 2.21 bits per heavy atom. The summed E-state index contributed by atoms with van der Waals surface area (Å²) < 4.78 is 5.08. The zero-order valence-corrected chi connectivity index (χ0v) is 17.4. The van der Waals surface area contributed by atoms with Gasteiger partial charge in [-0.05, 0) is 17.7 Å². The van der Waals surface area contributed by atoms with E-state index in [0.29, 0.717) is 11.3 Å². The molecule has 0 heterocycles. The lowest BCUT2D eigenvalue weighted by Crippen LogP contribution is -2.28. The van der Waals surface area contributed by atoms with Crippen LogP contribution in [-0.2, 0) is 16.1 Å². The maximum Gasteiger partial charge on any atom is 0.414 e. The predicted molar refractivity (Wildman–Crippen MR) is 113 cm³/mol. The summed E-state index contributed by atoms with van der Waals surface area (Å²) in [6.45, 7) is 5.90. The minimum Gasteiger partial charge on any atom is -0.444 e. The monoisotopic (exact) mass is 399 g/mol. The molecule has 0 saturated carbocycles. The van der Waals surface area contributed by atoms with Crippen molar-refractivity contribution < 1.29 is 19.1 Å². The summed E-state index contributed by atoms with van der Waals surface area (Å²) in [6.07, 6.45) is -0.786. The van der Waals surface area contributed by atoms with Gasteiger partial charge < -0.3 is 4.74 Å². The quantitative estimate of drug-likeness (QED) is 0.500. The first kappa shape index (κ1) is 21.7. The number of carbonyl (C=O) groups is 3. The topological polar surface area (TPSA) is 63.7 Å². The summed E-state index contributed by atoms with van der Waals surface area (Å²) in [5.74, 6) is -0.319. The highest BCUT2D eigenvalue weighted by Gasteiger charge is 2.23. The second-order valence-electron chi connectivity index (χ2n) is 7.30. The van der Waals surface area contributed by atoms with Crippen LogP contribution in [-0.4, -0.2) is 28.8 Å². The number of hydrogen-bond acceptors (Lipinski definition) is 5. The molecule has 0 fully saturated rings. The van der Waals surface area contributed by atoms with Crippen molar-refractivity contribution in [1.82, 2.24) is 0 Å². The Morgan fingerprint density at radius 2 is 1.57 bits per heavy atom. The summed E-state index contributed by atoms with van der Waals surface area (Å²) in [5.41, 5.74) is 1.61. The molecule has 2 aromatic carbocycles. The number of carbonyl (C=O) groups excluding carboxylic acids is 3. The Kier molecular flexibility index (Phi) is 7.40. The number of benzene rings is 2. The fraction of sp³-hybridized carbons (Fsp3) is 0.318. The van der Waals surface area contributed by atoms with E-state index in [1.807, 2.05) is 51.1 Å². The van der Waals surface area contributed by atoms with Crippen LogP contribution in [0.25, 0.3) is 0 Å². The van der Waals surface area contributed by atoms with E-state index in [1.54, 1.807) is 31.3 Å². The number of thioether (sulfide) groups is 1. The Morgan fingerprint density at radius 1 is 0.964 bits per heavy atom. The third kappa shape index (κ3) is 6.53. The molecular weight excluding hydrogens is 374 g/mol. The second-order valence-corrected chi connectivity index (χ2v) is 9.19. The second kappa shape index (κ2) is 9.55. The Balaban J connectivity index is 2.08. The van der Waals surface area contributed by atoms with E-state index in [4.69, 9.17) is 4.74 Å². The minimum atomic E-state index is -0.570. The lowest BCUT2D eigenvalue weighted by Gasteiger charge is -2.20. The molecule has 148 valence electrons. The summed E-state index contributed by atoms with van der Waals surface area (Å²) in [5, 5.41) is -0.193. The van der Waals surface area contributed by atoms with E-state index in [2.05, 4.69) is 0 Å². The van der Waals surface area contributed by atoms with Crippen molar-refractivity contribution in [2.75, 3.05) is 11.9 Å². The molecule has 0 aliphatic carbocycles. The number of ketones is 1. The number of rotatable bonds is 6. The standard InChI is InChI=1S/C22H25NO4S/c1-22(2,3)28-20(25)14-19(24)17-12-8-9-13-18(17)23(4)21(26)27-15-16-10-6-5-7-11-16/h5-13H,14-15H2,1-4H3. The molecule has 0 saturated heterocycles. The molecule has 0 N–H and O–H groups in total. The summed E-state index contributed by atoms with van der Waals surface area (Å²) >= 11 is 1.14. The Hall–Kier alpha value is -2.60. The highest BCUT2D eigenvalue weighted by molar-refractivity contribution is 8.14. The zero-order chi connectivity index (χ0) is 20.7. The highest BCUT2D eigenvalue weighted by atomic mass is 32.2. The maximum atomic E-state index is 12.7. The highest BCUT2D eigenvalue weighted by Crippen LogP contribution is 2.27. The number of anilines is 1. The molecule has 0 aliphatic rings. The van der Waals surface area contributed by atoms with E-state index >= 15 is 0 Å². The van der Waals surface area contributed by atoms with Crippen LogP contribution in [0.5, 0.6) is 0 Å². The van der Waals surface area contributed by atoms with E-state index in [9.17, 15) is 14.4 Å². The number of Topliss-reactive ketones (excluding diaryl/α,β-unsaturated/α-hetero) is 1. The smallest absolute Gasteiger partial charge is 0.414 e. The molecule has 0 unspecified atom stereocenters. The van der Waals surface area contributed by atoms with E-state index < -0.39 is 6.09 Å². The van der Waals surface area contributed by atoms with Gasteiger partial charge in [-0.2, -0.15) is 0 Å². The van der Waals surface area contributed by atoms with Crippen LogP contribution in [0.15, 0.2) is 54.6 Å². The summed E-state index contributed by atoms with van der Waals surface area (Å²) in [6, 6.07) is 16.1. The van der Waals surface area contributed by atoms with Crippen molar-refractivity contribution >= 4 is 34.4 Å². The largest absolute Gasteiger partial charge is 0.444 e. The maximum absolute atomic E-state index is 12.7. The van der Waals surface area contributed by atoms with Crippen molar-refractivity contribution in [1.29, 1.82) is 0 Å². The average molecular weight is 400 g/mol. The molecule has 0 radical (unpaired) electrons. The van der Waals surface area contributed by atoms with Crippen molar-refractivity contribution in [3.8, 4) is 0 Å². The first-order valence-electron chi connectivity index (χ1n) is 8.96. The van der Waals surface area contributed by atoms with Gasteiger partial charge in [-0.15, -0.1) is 0 Å². The number of nitrogens with zero attached hydrogens (tertiary/aromatic N) is 1. The predicted octanol–water partition coefficient (Wildman–Crippen LogP) is 5.09. The van der Waals surface area contributed by atoms with Gasteiger partial charge in [-0.25, -0.2) is 4.79 Å².